The minimum Gasteiger partial charge on any atom is -0.482 e. The van der Waals surface area contributed by atoms with Gasteiger partial charge in [-0.05, 0) is 31.4 Å². The topological polar surface area (TPSA) is 78.4 Å². The Morgan fingerprint density at radius 2 is 2.05 bits per heavy atom. The lowest BCUT2D eigenvalue weighted by atomic mass is 10.1. The Hall–Kier alpha value is -1.69. The van der Waals surface area contributed by atoms with Crippen LogP contribution in [0.1, 0.15) is 32.1 Å². The lowest BCUT2D eigenvalue weighted by Gasteiger charge is -2.22. The molecule has 1 fully saturated rings. The lowest BCUT2D eigenvalue weighted by molar-refractivity contribution is -0.386. The predicted octanol–water partition coefficient (Wildman–Crippen LogP) is 2.77. The maximum atomic E-state index is 13.0. The maximum absolute atomic E-state index is 13.0. The summed E-state index contributed by atoms with van der Waals surface area (Å²) in [5.74, 6) is -0.557. The van der Waals surface area contributed by atoms with Gasteiger partial charge in [0.25, 0.3) is 0 Å². The Morgan fingerprint density at radius 3 is 2.79 bits per heavy atom. The first-order chi connectivity index (χ1) is 9.08. The number of nitrogens with zero attached hydrogens (tertiary/aromatic N) is 1. The molecule has 2 unspecified atom stereocenters. The number of halogens is 1. The van der Waals surface area contributed by atoms with Gasteiger partial charge in [0.2, 0.25) is 0 Å². The van der Waals surface area contributed by atoms with Crippen molar-refractivity contribution in [2.75, 3.05) is 0 Å². The molecular weight excluding hydrogens is 251 g/mol. The van der Waals surface area contributed by atoms with Crippen molar-refractivity contribution in [1.29, 1.82) is 0 Å². The van der Waals surface area contributed by atoms with Crippen LogP contribution in [-0.2, 0) is 0 Å². The first kappa shape index (κ1) is 13.7. The van der Waals surface area contributed by atoms with Crippen LogP contribution in [0.3, 0.4) is 0 Å². The molecule has 0 saturated heterocycles. The smallest absolute Gasteiger partial charge is 0.313 e. The Labute approximate surface area is 110 Å². The number of nitro benzene ring substituents is 1. The summed E-state index contributed by atoms with van der Waals surface area (Å²) in [5.41, 5.74) is 5.66. The van der Waals surface area contributed by atoms with Crippen LogP contribution < -0.4 is 10.5 Å². The van der Waals surface area contributed by atoms with E-state index in [0.717, 1.165) is 44.2 Å². The summed E-state index contributed by atoms with van der Waals surface area (Å²) in [6.45, 7) is 0. The summed E-state index contributed by atoms with van der Waals surface area (Å²) in [4.78, 5) is 10.3. The number of ether oxygens (including phenoxy) is 1. The van der Waals surface area contributed by atoms with E-state index in [0.29, 0.717) is 0 Å². The van der Waals surface area contributed by atoms with Crippen LogP contribution in [0, 0.1) is 15.9 Å². The van der Waals surface area contributed by atoms with Crippen molar-refractivity contribution in [2.24, 2.45) is 5.73 Å². The zero-order chi connectivity index (χ0) is 13.8. The number of rotatable bonds is 3. The summed E-state index contributed by atoms with van der Waals surface area (Å²) >= 11 is 0. The number of benzene rings is 1. The highest BCUT2D eigenvalue weighted by atomic mass is 19.1. The van der Waals surface area contributed by atoms with Crippen molar-refractivity contribution in [1.82, 2.24) is 0 Å². The van der Waals surface area contributed by atoms with Crippen molar-refractivity contribution in [3.63, 3.8) is 0 Å². The van der Waals surface area contributed by atoms with Gasteiger partial charge in [0, 0.05) is 6.04 Å². The third kappa shape index (κ3) is 3.41. The van der Waals surface area contributed by atoms with E-state index in [4.69, 9.17) is 10.5 Å². The molecule has 0 aliphatic heterocycles. The third-order valence-electron chi connectivity index (χ3n) is 3.40. The number of nitrogens with two attached hydrogens (primary N) is 1. The second kappa shape index (κ2) is 5.97. The van der Waals surface area contributed by atoms with Crippen molar-refractivity contribution in [3.8, 4) is 5.75 Å². The normalized spacial score (nSPS) is 23.7. The average molecular weight is 268 g/mol. The molecule has 1 aromatic rings. The van der Waals surface area contributed by atoms with Gasteiger partial charge < -0.3 is 10.5 Å². The lowest BCUT2D eigenvalue weighted by Crippen LogP contribution is -2.38. The zero-order valence-electron chi connectivity index (χ0n) is 10.5. The predicted molar refractivity (Wildman–Crippen MR) is 68.5 cm³/mol. The molecule has 0 aromatic heterocycles. The van der Waals surface area contributed by atoms with Crippen LogP contribution in [0.2, 0.25) is 0 Å². The molecule has 1 aliphatic carbocycles. The molecule has 0 radical (unpaired) electrons. The van der Waals surface area contributed by atoms with Crippen molar-refractivity contribution >= 4 is 5.69 Å². The van der Waals surface area contributed by atoms with Crippen molar-refractivity contribution in [3.05, 3.63) is 34.1 Å². The first-order valence-corrected chi connectivity index (χ1v) is 6.44. The first-order valence-electron chi connectivity index (χ1n) is 6.44. The number of hydrogen-bond acceptors (Lipinski definition) is 4. The fraction of sp³-hybridized carbons (Fsp3) is 0.538. The van der Waals surface area contributed by atoms with Gasteiger partial charge >= 0.3 is 5.69 Å². The molecule has 1 aromatic carbocycles. The van der Waals surface area contributed by atoms with Crippen LogP contribution in [0.5, 0.6) is 5.75 Å². The molecule has 1 aliphatic rings. The van der Waals surface area contributed by atoms with E-state index in [1.54, 1.807) is 0 Å². The fourth-order valence-electron chi connectivity index (χ4n) is 2.34. The highest BCUT2D eigenvalue weighted by Gasteiger charge is 2.25. The van der Waals surface area contributed by atoms with Gasteiger partial charge in [0.1, 0.15) is 11.9 Å². The van der Waals surface area contributed by atoms with Gasteiger partial charge in [-0.2, -0.15) is 0 Å². The Balaban J connectivity index is 2.19. The van der Waals surface area contributed by atoms with Crippen LogP contribution in [-0.4, -0.2) is 17.1 Å². The zero-order valence-corrected chi connectivity index (χ0v) is 10.5. The van der Waals surface area contributed by atoms with Gasteiger partial charge in [-0.3, -0.25) is 10.1 Å². The summed E-state index contributed by atoms with van der Waals surface area (Å²) < 4.78 is 18.7. The van der Waals surface area contributed by atoms with E-state index < -0.39 is 10.7 Å². The van der Waals surface area contributed by atoms with Crippen LogP contribution in [0.25, 0.3) is 0 Å². The fourth-order valence-corrected chi connectivity index (χ4v) is 2.34. The van der Waals surface area contributed by atoms with E-state index in [2.05, 4.69) is 0 Å². The molecule has 5 nitrogen and oxygen atoms in total. The highest BCUT2D eigenvalue weighted by Crippen LogP contribution is 2.30. The quantitative estimate of drug-likeness (QED) is 0.519. The molecule has 0 heterocycles. The molecule has 2 atom stereocenters. The van der Waals surface area contributed by atoms with Crippen LogP contribution >= 0.6 is 0 Å². The van der Waals surface area contributed by atoms with Crippen LogP contribution in [0.15, 0.2) is 18.2 Å². The molecule has 0 spiro atoms. The highest BCUT2D eigenvalue weighted by molar-refractivity contribution is 5.46. The van der Waals surface area contributed by atoms with E-state index in [-0.39, 0.29) is 23.6 Å². The number of nitro groups is 1. The monoisotopic (exact) mass is 268 g/mol. The SMILES string of the molecule is NC1CCCCCC1Oc1ccc(F)cc1[N+](=O)[O-]. The van der Waals surface area contributed by atoms with E-state index in [1.165, 1.54) is 6.07 Å². The molecule has 104 valence electrons. The molecule has 0 bridgehead atoms. The maximum Gasteiger partial charge on any atom is 0.313 e. The standard InChI is InChI=1S/C13H17FN2O3/c14-9-6-7-13(11(8-9)16(17)18)19-12-5-3-1-2-4-10(12)15/h6-8,10,12H,1-5,15H2. The van der Waals surface area contributed by atoms with Gasteiger partial charge in [-0.15, -0.1) is 0 Å². The molecule has 6 heteroatoms. The van der Waals surface area contributed by atoms with Gasteiger partial charge in [0.15, 0.2) is 5.75 Å². The third-order valence-corrected chi connectivity index (χ3v) is 3.40. The summed E-state index contributed by atoms with van der Waals surface area (Å²) in [5, 5.41) is 10.9. The second-order valence-corrected chi connectivity index (χ2v) is 4.83. The second-order valence-electron chi connectivity index (χ2n) is 4.83. The van der Waals surface area contributed by atoms with Crippen molar-refractivity contribution < 1.29 is 14.1 Å². The summed E-state index contributed by atoms with van der Waals surface area (Å²) in [6.07, 6.45) is 4.51. The largest absolute Gasteiger partial charge is 0.482 e. The van der Waals surface area contributed by atoms with Gasteiger partial charge in [-0.1, -0.05) is 12.8 Å². The average Bonchev–Trinajstić information content (AvgIpc) is 2.57. The Kier molecular flexibility index (Phi) is 4.31. The molecule has 2 N–H and O–H groups in total. The molecule has 0 amide bonds. The number of hydrogen-bond donors (Lipinski definition) is 1. The van der Waals surface area contributed by atoms with Crippen LogP contribution in [0.4, 0.5) is 10.1 Å². The Morgan fingerprint density at radius 1 is 1.32 bits per heavy atom. The minimum absolute atomic E-state index is 0.0914. The molecule has 1 saturated carbocycles. The summed E-state index contributed by atoms with van der Waals surface area (Å²) in [6, 6.07) is 3.19. The van der Waals surface area contributed by atoms with E-state index >= 15 is 0 Å². The molecule has 19 heavy (non-hydrogen) atoms. The summed E-state index contributed by atoms with van der Waals surface area (Å²) in [7, 11) is 0. The van der Waals surface area contributed by atoms with Gasteiger partial charge in [0.05, 0.1) is 11.0 Å². The Bertz CT molecular complexity index is 467. The minimum atomic E-state index is -0.649. The van der Waals surface area contributed by atoms with E-state index in [1.807, 2.05) is 0 Å². The van der Waals surface area contributed by atoms with Gasteiger partial charge in [-0.25, -0.2) is 4.39 Å². The molecule has 2 rings (SSSR count). The van der Waals surface area contributed by atoms with E-state index in [9.17, 15) is 14.5 Å². The molecular formula is C13H17FN2O3. The van der Waals surface area contributed by atoms with Crippen molar-refractivity contribution in [2.45, 2.75) is 44.2 Å².